The maximum Gasteiger partial charge on any atom is 0.214 e. The lowest BCUT2D eigenvalue weighted by atomic mass is 10.2. The fourth-order valence-electron chi connectivity index (χ4n) is 2.59. The highest BCUT2D eigenvalue weighted by molar-refractivity contribution is 9.11. The van der Waals surface area contributed by atoms with E-state index in [9.17, 15) is 0 Å². The minimum absolute atomic E-state index is 0.639. The summed E-state index contributed by atoms with van der Waals surface area (Å²) in [6.07, 6.45) is 1.02. The number of hydrogen-bond donors (Lipinski definition) is 1. The zero-order valence-electron chi connectivity index (χ0n) is 15.4. The lowest BCUT2D eigenvalue weighted by molar-refractivity contribution is 0.336. The number of thioether (sulfide) groups is 1. The Bertz CT molecular complexity index is 868. The quantitative estimate of drug-likeness (QED) is 0.300. The predicted molar refractivity (Wildman–Crippen MR) is 119 cm³/mol. The van der Waals surface area contributed by atoms with Crippen LogP contribution in [-0.4, -0.2) is 39.1 Å². The molecule has 0 aliphatic heterocycles. The first-order valence-corrected chi connectivity index (χ1v) is 11.5. The third-order valence-corrected chi connectivity index (χ3v) is 6.03. The first-order chi connectivity index (χ1) is 13.7. The maximum absolute atomic E-state index is 5.62. The van der Waals surface area contributed by atoms with Crippen molar-refractivity contribution >= 4 is 43.6 Å². The van der Waals surface area contributed by atoms with Crippen LogP contribution in [0.15, 0.2) is 56.6 Å². The number of benzene rings is 2. The normalized spacial score (nSPS) is 11.0. The van der Waals surface area contributed by atoms with Crippen molar-refractivity contribution in [1.82, 2.24) is 25.5 Å². The van der Waals surface area contributed by atoms with Gasteiger partial charge >= 0.3 is 0 Å². The van der Waals surface area contributed by atoms with Crippen LogP contribution in [0.3, 0.4) is 0 Å². The molecule has 6 nitrogen and oxygen atoms in total. The standard InChI is InChI=1S/C19H21Br2N5OS/c1-2-27-18-16(20)11-14(12-17(18)21)13-22-9-6-10-28-19-23-24-25-26(19)15-7-4-3-5-8-15/h3-5,7-8,11-12,22H,2,6,9-10,13H2,1H3. The Labute approximate surface area is 185 Å². The Hall–Kier alpha value is -1.42. The van der Waals surface area contributed by atoms with Gasteiger partial charge in [0.25, 0.3) is 0 Å². The van der Waals surface area contributed by atoms with E-state index in [1.54, 1.807) is 16.4 Å². The summed E-state index contributed by atoms with van der Waals surface area (Å²) < 4.78 is 9.32. The summed E-state index contributed by atoms with van der Waals surface area (Å²) in [6, 6.07) is 14.1. The van der Waals surface area contributed by atoms with Crippen molar-refractivity contribution < 1.29 is 4.74 Å². The Morgan fingerprint density at radius 2 is 1.89 bits per heavy atom. The van der Waals surface area contributed by atoms with E-state index in [0.717, 1.165) is 50.8 Å². The summed E-state index contributed by atoms with van der Waals surface area (Å²) in [5, 5.41) is 16.3. The summed E-state index contributed by atoms with van der Waals surface area (Å²) in [5.74, 6) is 1.79. The highest BCUT2D eigenvalue weighted by Gasteiger charge is 2.09. The molecule has 3 rings (SSSR count). The van der Waals surface area contributed by atoms with Crippen molar-refractivity contribution in [1.29, 1.82) is 0 Å². The topological polar surface area (TPSA) is 64.9 Å². The lowest BCUT2D eigenvalue weighted by Gasteiger charge is -2.11. The van der Waals surface area contributed by atoms with Crippen LogP contribution in [0.5, 0.6) is 5.75 Å². The third-order valence-electron chi connectivity index (χ3n) is 3.85. The predicted octanol–water partition coefficient (Wildman–Crippen LogP) is 4.86. The minimum Gasteiger partial charge on any atom is -0.492 e. The summed E-state index contributed by atoms with van der Waals surface area (Å²) in [5.41, 5.74) is 2.17. The van der Waals surface area contributed by atoms with E-state index in [2.05, 4.69) is 64.8 Å². The zero-order chi connectivity index (χ0) is 19.8. The SMILES string of the molecule is CCOc1c(Br)cc(CNCCCSc2nnnn2-c2ccccc2)cc1Br. The average Bonchev–Trinajstić information content (AvgIpc) is 3.16. The molecule has 0 unspecified atom stereocenters. The highest BCUT2D eigenvalue weighted by Crippen LogP contribution is 2.34. The minimum atomic E-state index is 0.639. The molecule has 1 aromatic heterocycles. The molecule has 28 heavy (non-hydrogen) atoms. The molecule has 0 aliphatic carbocycles. The van der Waals surface area contributed by atoms with Crippen molar-refractivity contribution in [2.75, 3.05) is 18.9 Å². The van der Waals surface area contributed by atoms with E-state index in [0.29, 0.717) is 6.61 Å². The summed E-state index contributed by atoms with van der Waals surface area (Å²) >= 11 is 8.81. The second kappa shape index (κ2) is 10.9. The van der Waals surface area contributed by atoms with Crippen LogP contribution in [0.2, 0.25) is 0 Å². The molecule has 3 aromatic rings. The van der Waals surface area contributed by atoms with Crippen LogP contribution < -0.4 is 10.1 Å². The fraction of sp³-hybridized carbons (Fsp3) is 0.316. The zero-order valence-corrected chi connectivity index (χ0v) is 19.4. The van der Waals surface area contributed by atoms with E-state index >= 15 is 0 Å². The van der Waals surface area contributed by atoms with Crippen molar-refractivity contribution in [3.63, 3.8) is 0 Å². The molecule has 0 amide bonds. The Morgan fingerprint density at radius 1 is 1.14 bits per heavy atom. The number of ether oxygens (including phenoxy) is 1. The maximum atomic E-state index is 5.62. The van der Waals surface area contributed by atoms with Crippen molar-refractivity contribution in [3.8, 4) is 11.4 Å². The molecule has 0 radical (unpaired) electrons. The second-order valence-electron chi connectivity index (χ2n) is 5.91. The average molecular weight is 527 g/mol. The van der Waals surface area contributed by atoms with Gasteiger partial charge in [0, 0.05) is 12.3 Å². The molecule has 148 valence electrons. The molecule has 1 N–H and O–H groups in total. The van der Waals surface area contributed by atoms with Gasteiger partial charge in [0.05, 0.1) is 21.2 Å². The molecular formula is C19H21Br2N5OS. The Balaban J connectivity index is 1.42. The van der Waals surface area contributed by atoms with Crippen molar-refractivity contribution in [2.24, 2.45) is 0 Å². The number of halogens is 2. The van der Waals surface area contributed by atoms with Gasteiger partial charge in [-0.25, -0.2) is 0 Å². The Kier molecular flexibility index (Phi) is 8.32. The summed E-state index contributed by atoms with van der Waals surface area (Å²) in [7, 11) is 0. The molecule has 0 saturated heterocycles. The molecule has 1 heterocycles. The van der Waals surface area contributed by atoms with Gasteiger partial charge in [0.15, 0.2) is 0 Å². The Morgan fingerprint density at radius 3 is 2.61 bits per heavy atom. The van der Waals surface area contributed by atoms with Crippen molar-refractivity contribution in [3.05, 3.63) is 57.0 Å². The lowest BCUT2D eigenvalue weighted by Crippen LogP contribution is -2.15. The molecular weight excluding hydrogens is 506 g/mol. The first-order valence-electron chi connectivity index (χ1n) is 8.97. The fourth-order valence-corrected chi connectivity index (χ4v) is 4.93. The van der Waals surface area contributed by atoms with E-state index in [-0.39, 0.29) is 0 Å². The van der Waals surface area contributed by atoms with E-state index in [1.807, 2.05) is 37.3 Å². The number of nitrogens with one attached hydrogen (secondary N) is 1. The van der Waals surface area contributed by atoms with Gasteiger partial charge in [0.2, 0.25) is 5.16 Å². The molecule has 9 heteroatoms. The number of tetrazole rings is 1. The van der Waals surface area contributed by atoms with Gasteiger partial charge in [0.1, 0.15) is 5.75 Å². The monoisotopic (exact) mass is 525 g/mol. The molecule has 0 saturated carbocycles. The molecule has 2 aromatic carbocycles. The van der Waals surface area contributed by atoms with Gasteiger partial charge in [-0.05, 0) is 92.0 Å². The number of nitrogens with zero attached hydrogens (tertiary/aromatic N) is 4. The van der Waals surface area contributed by atoms with Gasteiger partial charge in [-0.1, -0.05) is 30.0 Å². The number of para-hydroxylation sites is 1. The van der Waals surface area contributed by atoms with Crippen LogP contribution in [-0.2, 0) is 6.54 Å². The van der Waals surface area contributed by atoms with E-state index in [4.69, 9.17) is 4.74 Å². The summed E-state index contributed by atoms with van der Waals surface area (Å²) in [6.45, 7) is 4.34. The van der Waals surface area contributed by atoms with Crippen molar-refractivity contribution in [2.45, 2.75) is 25.0 Å². The third kappa shape index (κ3) is 5.79. The van der Waals surface area contributed by atoms with Crippen LogP contribution in [0.1, 0.15) is 18.9 Å². The molecule has 0 fully saturated rings. The second-order valence-corrected chi connectivity index (χ2v) is 8.68. The number of aromatic nitrogens is 4. The van der Waals surface area contributed by atoms with Crippen LogP contribution in [0, 0.1) is 0 Å². The molecule has 0 atom stereocenters. The van der Waals surface area contributed by atoms with Gasteiger partial charge in [-0.3, -0.25) is 0 Å². The molecule has 0 spiro atoms. The smallest absolute Gasteiger partial charge is 0.214 e. The number of hydrogen-bond acceptors (Lipinski definition) is 6. The number of rotatable bonds is 10. The molecule has 0 aliphatic rings. The van der Waals surface area contributed by atoms with E-state index in [1.165, 1.54) is 5.56 Å². The van der Waals surface area contributed by atoms with Crippen LogP contribution >= 0.6 is 43.6 Å². The van der Waals surface area contributed by atoms with Gasteiger partial charge in [-0.2, -0.15) is 4.68 Å². The van der Waals surface area contributed by atoms with Gasteiger partial charge in [-0.15, -0.1) is 5.10 Å². The largest absolute Gasteiger partial charge is 0.492 e. The van der Waals surface area contributed by atoms with Crippen LogP contribution in [0.25, 0.3) is 5.69 Å². The van der Waals surface area contributed by atoms with Crippen LogP contribution in [0.4, 0.5) is 0 Å². The van der Waals surface area contributed by atoms with Gasteiger partial charge < -0.3 is 10.1 Å². The highest BCUT2D eigenvalue weighted by atomic mass is 79.9. The molecule has 0 bridgehead atoms. The first kappa shape index (κ1) is 21.3. The summed E-state index contributed by atoms with van der Waals surface area (Å²) in [4.78, 5) is 0. The van der Waals surface area contributed by atoms with E-state index < -0.39 is 0 Å².